The van der Waals surface area contributed by atoms with Crippen LogP contribution in [0, 0.1) is 0 Å². The van der Waals surface area contributed by atoms with Gasteiger partial charge in [0.15, 0.2) is 0 Å². The van der Waals surface area contributed by atoms with Crippen LogP contribution in [0.5, 0.6) is 5.75 Å². The lowest BCUT2D eigenvalue weighted by Crippen LogP contribution is -2.54. The molecule has 0 heterocycles. The fraction of sp³-hybridized carbons (Fsp3) is 0.278. The Morgan fingerprint density at radius 3 is 1.98 bits per heavy atom. The molecular formula is C36H40ClN3O5S. The summed E-state index contributed by atoms with van der Waals surface area (Å²) in [5, 5.41) is 3.56. The first-order chi connectivity index (χ1) is 22.0. The van der Waals surface area contributed by atoms with Crippen LogP contribution in [0.25, 0.3) is 0 Å². The predicted molar refractivity (Wildman–Crippen MR) is 183 cm³/mol. The van der Waals surface area contributed by atoms with E-state index in [9.17, 15) is 18.0 Å². The molecule has 0 saturated carbocycles. The third kappa shape index (κ3) is 10.1. The van der Waals surface area contributed by atoms with E-state index in [1.807, 2.05) is 74.5 Å². The van der Waals surface area contributed by atoms with Crippen LogP contribution in [0.1, 0.15) is 37.0 Å². The first-order valence-corrected chi connectivity index (χ1v) is 17.4. The topological polar surface area (TPSA) is 96.0 Å². The fourth-order valence-electron chi connectivity index (χ4n) is 4.84. The Balaban J connectivity index is 1.64. The summed E-state index contributed by atoms with van der Waals surface area (Å²) < 4.78 is 33.1. The standard InChI is InChI=1S/C36H40ClN3O5S/c1-4-27(2)38-36(42)34(23-28-11-7-5-8-12-28)39(24-29-15-17-31(37)18-16-29)35(41)25-40(46(3,43)44)32-19-21-33(22-20-32)45-26-30-13-9-6-10-14-30/h5-22,27,34H,4,23-26H2,1-3H3,(H,38,42)/t27-,34+/m1/s1. The van der Waals surface area contributed by atoms with E-state index in [0.29, 0.717) is 29.5 Å². The maximum atomic E-state index is 14.3. The molecule has 4 aromatic rings. The molecule has 4 rings (SSSR count). The van der Waals surface area contributed by atoms with Gasteiger partial charge < -0.3 is 15.0 Å². The fourth-order valence-corrected chi connectivity index (χ4v) is 5.82. The number of nitrogens with zero attached hydrogens (tertiary/aromatic N) is 2. The van der Waals surface area contributed by atoms with E-state index < -0.39 is 28.5 Å². The summed E-state index contributed by atoms with van der Waals surface area (Å²) in [5.74, 6) is -0.280. The van der Waals surface area contributed by atoms with Gasteiger partial charge in [0, 0.05) is 24.0 Å². The zero-order valence-electron chi connectivity index (χ0n) is 26.3. The number of benzene rings is 4. The third-order valence-electron chi connectivity index (χ3n) is 7.59. The zero-order chi connectivity index (χ0) is 33.1. The summed E-state index contributed by atoms with van der Waals surface area (Å²) in [6, 6.07) is 31.7. The summed E-state index contributed by atoms with van der Waals surface area (Å²) in [6.45, 7) is 3.80. The largest absolute Gasteiger partial charge is 0.489 e. The van der Waals surface area contributed by atoms with Crippen molar-refractivity contribution in [2.45, 2.75) is 51.9 Å². The number of carbonyl (C=O) groups excluding carboxylic acids is 2. The molecule has 0 fully saturated rings. The SMILES string of the molecule is CC[C@@H](C)NC(=O)[C@H](Cc1ccccc1)N(Cc1ccc(Cl)cc1)C(=O)CN(c1ccc(OCc2ccccc2)cc1)S(C)(=O)=O. The van der Waals surface area contributed by atoms with Crippen LogP contribution in [0.2, 0.25) is 5.02 Å². The predicted octanol–water partition coefficient (Wildman–Crippen LogP) is 6.24. The van der Waals surface area contributed by atoms with Gasteiger partial charge in [-0.2, -0.15) is 0 Å². The summed E-state index contributed by atoms with van der Waals surface area (Å²) in [5.41, 5.74) is 2.92. The number of nitrogens with one attached hydrogen (secondary N) is 1. The Bertz CT molecular complexity index is 1670. The number of hydrogen-bond donors (Lipinski definition) is 1. The third-order valence-corrected chi connectivity index (χ3v) is 8.98. The van der Waals surface area contributed by atoms with Crippen LogP contribution in [-0.4, -0.2) is 50.0 Å². The van der Waals surface area contributed by atoms with Crippen molar-refractivity contribution in [3.63, 3.8) is 0 Å². The van der Waals surface area contributed by atoms with Crippen LogP contribution < -0.4 is 14.4 Å². The Morgan fingerprint density at radius 1 is 0.826 bits per heavy atom. The number of amides is 2. The van der Waals surface area contributed by atoms with E-state index in [-0.39, 0.29) is 24.9 Å². The minimum Gasteiger partial charge on any atom is -0.489 e. The second-order valence-corrected chi connectivity index (χ2v) is 13.6. The highest BCUT2D eigenvalue weighted by Gasteiger charge is 2.33. The number of carbonyl (C=O) groups is 2. The summed E-state index contributed by atoms with van der Waals surface area (Å²) in [6.07, 6.45) is 2.01. The molecule has 0 aliphatic carbocycles. The number of anilines is 1. The normalized spacial score (nSPS) is 12.5. The Kier molecular flexibility index (Phi) is 12.2. The molecule has 242 valence electrons. The maximum absolute atomic E-state index is 14.3. The van der Waals surface area contributed by atoms with E-state index >= 15 is 0 Å². The van der Waals surface area contributed by atoms with Crippen molar-refractivity contribution in [3.05, 3.63) is 131 Å². The first kappa shape index (κ1) is 34.5. The average Bonchev–Trinajstić information content (AvgIpc) is 3.05. The van der Waals surface area contributed by atoms with Gasteiger partial charge in [-0.3, -0.25) is 13.9 Å². The van der Waals surface area contributed by atoms with Gasteiger partial charge in [0.05, 0.1) is 11.9 Å². The highest BCUT2D eigenvalue weighted by Crippen LogP contribution is 2.24. The van der Waals surface area contributed by atoms with E-state index in [2.05, 4.69) is 5.32 Å². The molecule has 1 N–H and O–H groups in total. The number of halogens is 1. The molecule has 0 spiro atoms. The van der Waals surface area contributed by atoms with Gasteiger partial charge >= 0.3 is 0 Å². The first-order valence-electron chi connectivity index (χ1n) is 15.2. The molecule has 8 nitrogen and oxygen atoms in total. The van der Waals surface area contributed by atoms with Crippen LogP contribution in [0.3, 0.4) is 0 Å². The monoisotopic (exact) mass is 661 g/mol. The lowest BCUT2D eigenvalue weighted by Gasteiger charge is -2.34. The molecule has 10 heteroatoms. The lowest BCUT2D eigenvalue weighted by atomic mass is 10.0. The maximum Gasteiger partial charge on any atom is 0.244 e. The van der Waals surface area contributed by atoms with Crippen molar-refractivity contribution in [1.29, 1.82) is 0 Å². The Morgan fingerprint density at radius 2 is 1.41 bits per heavy atom. The van der Waals surface area contributed by atoms with Crippen molar-refractivity contribution in [3.8, 4) is 5.75 Å². The van der Waals surface area contributed by atoms with Gasteiger partial charge in [0.1, 0.15) is 24.9 Å². The number of rotatable bonds is 15. The second-order valence-electron chi connectivity index (χ2n) is 11.2. The molecule has 2 atom stereocenters. The molecule has 0 saturated heterocycles. The summed E-state index contributed by atoms with van der Waals surface area (Å²) >= 11 is 6.13. The minimum atomic E-state index is -3.89. The van der Waals surface area contributed by atoms with Gasteiger partial charge in [-0.05, 0) is 66.4 Å². The van der Waals surface area contributed by atoms with Gasteiger partial charge in [-0.15, -0.1) is 0 Å². The molecular weight excluding hydrogens is 622 g/mol. The summed E-state index contributed by atoms with van der Waals surface area (Å²) in [7, 11) is -3.89. The van der Waals surface area contributed by atoms with Crippen LogP contribution in [0.4, 0.5) is 5.69 Å². The Labute approximate surface area is 277 Å². The van der Waals surface area contributed by atoms with Crippen molar-refractivity contribution in [2.75, 3.05) is 17.1 Å². The van der Waals surface area contributed by atoms with Gasteiger partial charge in [-0.25, -0.2) is 8.42 Å². The molecule has 0 aliphatic heterocycles. The highest BCUT2D eigenvalue weighted by atomic mass is 35.5. The quantitative estimate of drug-likeness (QED) is 0.163. The summed E-state index contributed by atoms with van der Waals surface area (Å²) in [4.78, 5) is 29.5. The van der Waals surface area contributed by atoms with Gasteiger partial charge in [0.25, 0.3) is 0 Å². The molecule has 46 heavy (non-hydrogen) atoms. The Hall–Kier alpha value is -4.34. The van der Waals surface area contributed by atoms with E-state index in [4.69, 9.17) is 16.3 Å². The number of hydrogen-bond acceptors (Lipinski definition) is 5. The molecule has 0 bridgehead atoms. The molecule has 2 amide bonds. The smallest absolute Gasteiger partial charge is 0.244 e. The van der Waals surface area contributed by atoms with Gasteiger partial charge in [-0.1, -0.05) is 91.3 Å². The van der Waals surface area contributed by atoms with E-state index in [1.54, 1.807) is 48.5 Å². The molecule has 0 unspecified atom stereocenters. The van der Waals surface area contributed by atoms with Crippen molar-refractivity contribution < 1.29 is 22.7 Å². The highest BCUT2D eigenvalue weighted by molar-refractivity contribution is 7.92. The average molecular weight is 662 g/mol. The minimum absolute atomic E-state index is 0.0747. The van der Waals surface area contributed by atoms with Crippen molar-refractivity contribution in [2.24, 2.45) is 0 Å². The molecule has 0 radical (unpaired) electrons. The van der Waals surface area contributed by atoms with Gasteiger partial charge in [0.2, 0.25) is 21.8 Å². The second kappa shape index (κ2) is 16.3. The van der Waals surface area contributed by atoms with Crippen LogP contribution in [-0.2, 0) is 39.2 Å². The zero-order valence-corrected chi connectivity index (χ0v) is 27.9. The molecule has 4 aromatic carbocycles. The molecule has 0 aliphatic rings. The van der Waals surface area contributed by atoms with E-state index in [1.165, 1.54) is 4.90 Å². The number of sulfonamides is 1. The van der Waals surface area contributed by atoms with Crippen LogP contribution in [0.15, 0.2) is 109 Å². The van der Waals surface area contributed by atoms with Crippen LogP contribution >= 0.6 is 11.6 Å². The van der Waals surface area contributed by atoms with E-state index in [0.717, 1.165) is 27.3 Å². The van der Waals surface area contributed by atoms with Crippen molar-refractivity contribution >= 4 is 39.1 Å². The number of ether oxygens (including phenoxy) is 1. The lowest BCUT2D eigenvalue weighted by molar-refractivity contribution is -0.140. The molecule has 0 aromatic heterocycles. The van der Waals surface area contributed by atoms with Crippen molar-refractivity contribution in [1.82, 2.24) is 10.2 Å².